The molecule has 0 atom stereocenters. The number of nitrogens with one attached hydrogen (secondary N) is 1. The third-order valence-electron chi connectivity index (χ3n) is 4.30. The van der Waals surface area contributed by atoms with Crippen LogP contribution in [0.25, 0.3) is 0 Å². The van der Waals surface area contributed by atoms with E-state index >= 15 is 0 Å². The number of nitrogens with zero attached hydrogens (tertiary/aromatic N) is 3. The van der Waals surface area contributed by atoms with E-state index < -0.39 is 0 Å². The molecule has 2 aliphatic rings. The van der Waals surface area contributed by atoms with Gasteiger partial charge in [0, 0.05) is 51.9 Å². The van der Waals surface area contributed by atoms with E-state index in [2.05, 4.69) is 28.2 Å². The molecule has 1 amide bonds. The second kappa shape index (κ2) is 6.02. The summed E-state index contributed by atoms with van der Waals surface area (Å²) in [6.07, 6.45) is 4.60. The Morgan fingerprint density at radius 3 is 2.62 bits per heavy atom. The quantitative estimate of drug-likeness (QED) is 0.907. The van der Waals surface area contributed by atoms with Crippen molar-refractivity contribution < 1.29 is 4.79 Å². The summed E-state index contributed by atoms with van der Waals surface area (Å²) < 4.78 is 0. The van der Waals surface area contributed by atoms with Crippen molar-refractivity contribution in [3.05, 3.63) is 23.4 Å². The molecule has 1 saturated carbocycles. The van der Waals surface area contributed by atoms with Crippen molar-refractivity contribution in [2.45, 2.75) is 39.3 Å². The maximum atomic E-state index is 11.4. The van der Waals surface area contributed by atoms with Gasteiger partial charge in [0.25, 0.3) is 0 Å². The normalized spacial score (nSPS) is 19.0. The molecule has 21 heavy (non-hydrogen) atoms. The van der Waals surface area contributed by atoms with Crippen molar-refractivity contribution in [3.63, 3.8) is 0 Å². The topological polar surface area (TPSA) is 48.5 Å². The lowest BCUT2D eigenvalue weighted by Gasteiger charge is -2.35. The Balaban J connectivity index is 1.61. The van der Waals surface area contributed by atoms with Crippen LogP contribution in [0.15, 0.2) is 12.3 Å². The van der Waals surface area contributed by atoms with Crippen LogP contribution in [0.1, 0.15) is 30.9 Å². The second-order valence-corrected chi connectivity index (χ2v) is 6.13. The zero-order valence-electron chi connectivity index (χ0n) is 12.9. The molecule has 1 N–H and O–H groups in total. The molecule has 3 rings (SSSR count). The molecule has 1 aliphatic carbocycles. The van der Waals surface area contributed by atoms with Crippen LogP contribution in [-0.4, -0.2) is 48.0 Å². The Kier molecular flexibility index (Phi) is 4.10. The number of aryl methyl sites for hydroxylation is 1. The summed E-state index contributed by atoms with van der Waals surface area (Å²) in [6.45, 7) is 8.00. The molecule has 1 saturated heterocycles. The van der Waals surface area contributed by atoms with Gasteiger partial charge in [-0.25, -0.2) is 4.98 Å². The minimum Gasteiger partial charge on any atom is -0.353 e. The van der Waals surface area contributed by atoms with Gasteiger partial charge in [0.1, 0.15) is 5.82 Å². The van der Waals surface area contributed by atoms with Crippen LogP contribution in [-0.2, 0) is 11.3 Å². The SMILES string of the molecule is CC(=O)N1CCN(c2ncc(CNC3CC3)cc2C)CC1. The lowest BCUT2D eigenvalue weighted by molar-refractivity contribution is -0.129. The predicted octanol–water partition coefficient (Wildman–Crippen LogP) is 1.31. The number of rotatable bonds is 4. The largest absolute Gasteiger partial charge is 0.353 e. The van der Waals surface area contributed by atoms with Gasteiger partial charge in [-0.15, -0.1) is 0 Å². The number of piperazine rings is 1. The highest BCUT2D eigenvalue weighted by Gasteiger charge is 2.22. The summed E-state index contributed by atoms with van der Waals surface area (Å²) in [5.41, 5.74) is 2.48. The predicted molar refractivity (Wildman–Crippen MR) is 83.3 cm³/mol. The van der Waals surface area contributed by atoms with Crippen molar-refractivity contribution in [1.82, 2.24) is 15.2 Å². The average Bonchev–Trinajstić information content (AvgIpc) is 3.29. The summed E-state index contributed by atoms with van der Waals surface area (Å²) in [6, 6.07) is 2.96. The van der Waals surface area contributed by atoms with E-state index in [4.69, 9.17) is 0 Å². The molecular weight excluding hydrogens is 264 g/mol. The Morgan fingerprint density at radius 2 is 2.05 bits per heavy atom. The second-order valence-electron chi connectivity index (χ2n) is 6.13. The molecule has 5 nitrogen and oxygen atoms in total. The number of hydrogen-bond acceptors (Lipinski definition) is 4. The van der Waals surface area contributed by atoms with Crippen molar-refractivity contribution in [1.29, 1.82) is 0 Å². The molecule has 114 valence electrons. The zero-order chi connectivity index (χ0) is 14.8. The Bertz CT molecular complexity index is 519. The summed E-state index contributed by atoms with van der Waals surface area (Å²) in [5.74, 6) is 1.23. The first-order valence-electron chi connectivity index (χ1n) is 7.83. The minimum absolute atomic E-state index is 0.167. The highest BCUT2D eigenvalue weighted by molar-refractivity contribution is 5.73. The molecule has 0 bridgehead atoms. The number of carbonyl (C=O) groups excluding carboxylic acids is 1. The summed E-state index contributed by atoms with van der Waals surface area (Å²) >= 11 is 0. The highest BCUT2D eigenvalue weighted by atomic mass is 16.2. The summed E-state index contributed by atoms with van der Waals surface area (Å²) in [5, 5.41) is 3.52. The first-order chi connectivity index (χ1) is 10.1. The summed E-state index contributed by atoms with van der Waals surface area (Å²) in [4.78, 5) is 20.2. The standard InChI is InChI=1S/C16H24N4O/c1-12-9-14(10-17-15-3-4-15)11-18-16(12)20-7-5-19(6-8-20)13(2)21/h9,11,15,17H,3-8,10H2,1-2H3. The van der Waals surface area contributed by atoms with Gasteiger partial charge < -0.3 is 15.1 Å². The molecule has 2 heterocycles. The number of carbonyl (C=O) groups is 1. The molecule has 5 heteroatoms. The number of pyridine rings is 1. The molecular formula is C16H24N4O. The van der Waals surface area contributed by atoms with Gasteiger partial charge in [-0.3, -0.25) is 4.79 Å². The van der Waals surface area contributed by atoms with E-state index in [0.29, 0.717) is 0 Å². The van der Waals surface area contributed by atoms with Gasteiger partial charge >= 0.3 is 0 Å². The van der Waals surface area contributed by atoms with E-state index in [1.807, 2.05) is 11.1 Å². The maximum absolute atomic E-state index is 11.4. The molecule has 1 aromatic heterocycles. The van der Waals surface area contributed by atoms with E-state index in [1.165, 1.54) is 24.0 Å². The highest BCUT2D eigenvalue weighted by Crippen LogP contribution is 2.22. The number of hydrogen-bond donors (Lipinski definition) is 1. The third kappa shape index (κ3) is 3.53. The van der Waals surface area contributed by atoms with Crippen LogP contribution in [0, 0.1) is 6.92 Å². The van der Waals surface area contributed by atoms with Crippen LogP contribution < -0.4 is 10.2 Å². The van der Waals surface area contributed by atoms with E-state index in [9.17, 15) is 4.79 Å². The van der Waals surface area contributed by atoms with Gasteiger partial charge in [0.15, 0.2) is 0 Å². The van der Waals surface area contributed by atoms with Crippen LogP contribution in [0.3, 0.4) is 0 Å². The molecule has 2 fully saturated rings. The maximum Gasteiger partial charge on any atom is 0.219 e. The average molecular weight is 288 g/mol. The third-order valence-corrected chi connectivity index (χ3v) is 4.30. The van der Waals surface area contributed by atoms with Crippen LogP contribution in [0.4, 0.5) is 5.82 Å². The molecule has 0 aromatic carbocycles. The monoisotopic (exact) mass is 288 g/mol. The molecule has 1 aliphatic heterocycles. The molecule has 0 unspecified atom stereocenters. The molecule has 0 radical (unpaired) electrons. The van der Waals surface area contributed by atoms with Gasteiger partial charge in [-0.05, 0) is 37.0 Å². The summed E-state index contributed by atoms with van der Waals surface area (Å²) in [7, 11) is 0. The van der Waals surface area contributed by atoms with E-state index in [1.54, 1.807) is 6.92 Å². The van der Waals surface area contributed by atoms with Crippen LogP contribution in [0.5, 0.6) is 0 Å². The van der Waals surface area contributed by atoms with Gasteiger partial charge in [0.05, 0.1) is 0 Å². The lowest BCUT2D eigenvalue weighted by Crippen LogP contribution is -2.48. The fourth-order valence-electron chi connectivity index (χ4n) is 2.84. The first kappa shape index (κ1) is 14.3. The van der Waals surface area contributed by atoms with Crippen molar-refractivity contribution in [2.24, 2.45) is 0 Å². The fraction of sp³-hybridized carbons (Fsp3) is 0.625. The van der Waals surface area contributed by atoms with Crippen LogP contribution >= 0.6 is 0 Å². The number of anilines is 1. The van der Waals surface area contributed by atoms with Crippen molar-refractivity contribution >= 4 is 11.7 Å². The lowest BCUT2D eigenvalue weighted by atomic mass is 10.2. The Labute approximate surface area is 126 Å². The number of aromatic nitrogens is 1. The fourth-order valence-corrected chi connectivity index (χ4v) is 2.84. The smallest absolute Gasteiger partial charge is 0.219 e. The zero-order valence-corrected chi connectivity index (χ0v) is 12.9. The van der Waals surface area contributed by atoms with Crippen molar-refractivity contribution in [2.75, 3.05) is 31.1 Å². The number of amides is 1. The molecule has 0 spiro atoms. The van der Waals surface area contributed by atoms with E-state index in [-0.39, 0.29) is 5.91 Å². The van der Waals surface area contributed by atoms with Gasteiger partial charge in [-0.1, -0.05) is 0 Å². The van der Waals surface area contributed by atoms with Crippen LogP contribution in [0.2, 0.25) is 0 Å². The van der Waals surface area contributed by atoms with E-state index in [0.717, 1.165) is 44.6 Å². The van der Waals surface area contributed by atoms with Gasteiger partial charge in [0.2, 0.25) is 5.91 Å². The first-order valence-corrected chi connectivity index (χ1v) is 7.83. The Hall–Kier alpha value is -1.62. The Morgan fingerprint density at radius 1 is 1.33 bits per heavy atom. The van der Waals surface area contributed by atoms with Crippen molar-refractivity contribution in [3.8, 4) is 0 Å². The van der Waals surface area contributed by atoms with Gasteiger partial charge in [-0.2, -0.15) is 0 Å². The minimum atomic E-state index is 0.167. The molecule has 1 aromatic rings.